The van der Waals surface area contributed by atoms with Gasteiger partial charge in [0.2, 0.25) is 10.0 Å². The third-order valence-electron chi connectivity index (χ3n) is 3.30. The molecule has 0 radical (unpaired) electrons. The van der Waals surface area contributed by atoms with E-state index in [1.165, 1.54) is 0 Å². The highest BCUT2D eigenvalue weighted by molar-refractivity contribution is 7.88. The molecule has 0 aliphatic heterocycles. The van der Waals surface area contributed by atoms with Gasteiger partial charge in [0.05, 0.1) is 12.9 Å². The van der Waals surface area contributed by atoms with E-state index in [-0.39, 0.29) is 5.75 Å². The summed E-state index contributed by atoms with van der Waals surface area (Å²) in [5, 5.41) is 0. The maximum absolute atomic E-state index is 12.0. The van der Waals surface area contributed by atoms with Gasteiger partial charge >= 0.3 is 0 Å². The third kappa shape index (κ3) is 5.50. The van der Waals surface area contributed by atoms with E-state index in [0.717, 1.165) is 29.7 Å². The molecular weight excluding hydrogens is 298 g/mol. The van der Waals surface area contributed by atoms with Gasteiger partial charge in [-0.15, -0.1) is 0 Å². The average Bonchev–Trinajstić information content (AvgIpc) is 2.52. The number of aryl methyl sites for hydroxylation is 1. The molecule has 4 nitrogen and oxygen atoms in total. The predicted molar refractivity (Wildman–Crippen MR) is 88.4 cm³/mol. The molecule has 0 spiro atoms. The molecule has 1 N–H and O–H groups in total. The molecule has 0 unspecified atom stereocenters. The van der Waals surface area contributed by atoms with E-state index in [4.69, 9.17) is 4.74 Å². The van der Waals surface area contributed by atoms with Gasteiger partial charge in [-0.3, -0.25) is 0 Å². The van der Waals surface area contributed by atoms with Crippen LogP contribution in [0.3, 0.4) is 0 Å². The number of sulfonamides is 1. The number of methoxy groups -OCH3 is 1. The highest BCUT2D eigenvalue weighted by Crippen LogP contribution is 2.13. The van der Waals surface area contributed by atoms with E-state index >= 15 is 0 Å². The van der Waals surface area contributed by atoms with Crippen LogP contribution in [-0.4, -0.2) is 22.1 Å². The lowest BCUT2D eigenvalue weighted by Gasteiger charge is -2.07. The summed E-state index contributed by atoms with van der Waals surface area (Å²) in [4.78, 5) is 0. The lowest BCUT2D eigenvalue weighted by molar-refractivity contribution is 0.414. The Labute approximate surface area is 132 Å². The number of benzene rings is 2. The first-order valence-corrected chi connectivity index (χ1v) is 8.88. The van der Waals surface area contributed by atoms with Crippen molar-refractivity contribution >= 4 is 10.0 Å². The fourth-order valence-corrected chi connectivity index (χ4v) is 3.38. The van der Waals surface area contributed by atoms with E-state index in [1.807, 2.05) is 54.6 Å². The average molecular weight is 319 g/mol. The maximum atomic E-state index is 12.0. The second-order valence-electron chi connectivity index (χ2n) is 5.09. The summed E-state index contributed by atoms with van der Waals surface area (Å²) in [6, 6.07) is 17.0. The molecule has 0 saturated carbocycles. The number of hydrogen-bond acceptors (Lipinski definition) is 3. The Kier molecular flexibility index (Phi) is 5.98. The Bertz CT molecular complexity index is 684. The Balaban J connectivity index is 1.78. The van der Waals surface area contributed by atoms with Crippen LogP contribution >= 0.6 is 0 Å². The van der Waals surface area contributed by atoms with Crippen LogP contribution in [0.5, 0.6) is 5.75 Å². The van der Waals surface area contributed by atoms with Crippen molar-refractivity contribution in [1.82, 2.24) is 4.72 Å². The lowest BCUT2D eigenvalue weighted by Crippen LogP contribution is -2.26. The van der Waals surface area contributed by atoms with E-state index in [2.05, 4.69) is 4.72 Å². The summed E-state index contributed by atoms with van der Waals surface area (Å²) < 4.78 is 31.8. The second kappa shape index (κ2) is 7.96. The summed E-state index contributed by atoms with van der Waals surface area (Å²) >= 11 is 0. The molecule has 0 aliphatic rings. The minimum atomic E-state index is -3.28. The zero-order chi connectivity index (χ0) is 15.8. The fourth-order valence-electron chi connectivity index (χ4n) is 2.19. The Morgan fingerprint density at radius 1 is 1.00 bits per heavy atom. The third-order valence-corrected chi connectivity index (χ3v) is 4.66. The van der Waals surface area contributed by atoms with Crippen LogP contribution < -0.4 is 9.46 Å². The normalized spacial score (nSPS) is 11.3. The molecule has 2 aromatic rings. The molecule has 22 heavy (non-hydrogen) atoms. The lowest BCUT2D eigenvalue weighted by atomic mass is 10.1. The first kappa shape index (κ1) is 16.5. The fraction of sp³-hybridized carbons (Fsp3) is 0.294. The summed E-state index contributed by atoms with van der Waals surface area (Å²) in [6.45, 7) is 0.437. The van der Waals surface area contributed by atoms with Gasteiger partial charge in [-0.1, -0.05) is 42.5 Å². The molecule has 0 atom stereocenters. The molecule has 5 heteroatoms. The maximum Gasteiger partial charge on any atom is 0.215 e. The highest BCUT2D eigenvalue weighted by Gasteiger charge is 2.10. The van der Waals surface area contributed by atoms with E-state index < -0.39 is 10.0 Å². The molecule has 118 valence electrons. The van der Waals surface area contributed by atoms with Crippen LogP contribution in [0.1, 0.15) is 17.5 Å². The van der Waals surface area contributed by atoms with Gasteiger partial charge in [-0.2, -0.15) is 0 Å². The van der Waals surface area contributed by atoms with Crippen molar-refractivity contribution in [3.63, 3.8) is 0 Å². The monoisotopic (exact) mass is 319 g/mol. The van der Waals surface area contributed by atoms with Gasteiger partial charge in [0.15, 0.2) is 0 Å². The van der Waals surface area contributed by atoms with Crippen LogP contribution in [0.2, 0.25) is 0 Å². The Morgan fingerprint density at radius 3 is 2.45 bits per heavy atom. The van der Waals surface area contributed by atoms with Crippen molar-refractivity contribution in [2.24, 2.45) is 0 Å². The first-order chi connectivity index (χ1) is 10.6. The van der Waals surface area contributed by atoms with Crippen molar-refractivity contribution in [3.05, 3.63) is 65.7 Å². The predicted octanol–water partition coefficient (Wildman–Crippen LogP) is 2.75. The standard InChI is InChI=1S/C17H21NO3S/c1-21-17-11-5-9-15(13-17)10-6-12-18-22(19,20)14-16-7-3-2-4-8-16/h2-5,7-9,11,13,18H,6,10,12,14H2,1H3. The first-order valence-electron chi connectivity index (χ1n) is 7.23. The molecular formula is C17H21NO3S. The SMILES string of the molecule is COc1cccc(CCCNS(=O)(=O)Cc2ccccc2)c1. The van der Waals surface area contributed by atoms with Crippen molar-refractivity contribution in [2.75, 3.05) is 13.7 Å². The minimum absolute atomic E-state index is 0.0208. The van der Waals surface area contributed by atoms with Crippen LogP contribution in [0, 0.1) is 0 Å². The topological polar surface area (TPSA) is 55.4 Å². The van der Waals surface area contributed by atoms with Gasteiger partial charge in [0.25, 0.3) is 0 Å². The molecule has 0 fully saturated rings. The van der Waals surface area contributed by atoms with Crippen molar-refractivity contribution < 1.29 is 13.2 Å². The zero-order valence-corrected chi connectivity index (χ0v) is 13.5. The van der Waals surface area contributed by atoms with Gasteiger partial charge in [-0.25, -0.2) is 13.1 Å². The van der Waals surface area contributed by atoms with Gasteiger partial charge in [-0.05, 0) is 36.1 Å². The van der Waals surface area contributed by atoms with E-state index in [9.17, 15) is 8.42 Å². The van der Waals surface area contributed by atoms with Crippen LogP contribution in [0.4, 0.5) is 0 Å². The Hall–Kier alpha value is -1.85. The summed E-state index contributed by atoms with van der Waals surface area (Å²) in [5.41, 5.74) is 1.93. The molecule has 0 amide bonds. The minimum Gasteiger partial charge on any atom is -0.497 e. The summed E-state index contributed by atoms with van der Waals surface area (Å²) in [7, 11) is -1.64. The van der Waals surface area contributed by atoms with Crippen molar-refractivity contribution in [3.8, 4) is 5.75 Å². The van der Waals surface area contributed by atoms with Gasteiger partial charge in [0.1, 0.15) is 5.75 Å². The van der Waals surface area contributed by atoms with Gasteiger partial charge in [0, 0.05) is 6.54 Å². The summed E-state index contributed by atoms with van der Waals surface area (Å²) in [5.74, 6) is 0.842. The molecule has 0 heterocycles. The summed E-state index contributed by atoms with van der Waals surface area (Å²) in [6.07, 6.45) is 1.56. The molecule has 2 aromatic carbocycles. The largest absolute Gasteiger partial charge is 0.497 e. The highest BCUT2D eigenvalue weighted by atomic mass is 32.2. The quantitative estimate of drug-likeness (QED) is 0.761. The molecule has 0 aromatic heterocycles. The molecule has 0 aliphatic carbocycles. The van der Waals surface area contributed by atoms with Crippen molar-refractivity contribution in [1.29, 1.82) is 0 Å². The molecule has 0 saturated heterocycles. The van der Waals surface area contributed by atoms with Crippen LogP contribution in [-0.2, 0) is 22.2 Å². The van der Waals surface area contributed by atoms with Crippen LogP contribution in [0.15, 0.2) is 54.6 Å². The molecule has 2 rings (SSSR count). The molecule has 0 bridgehead atoms. The zero-order valence-electron chi connectivity index (χ0n) is 12.7. The van der Waals surface area contributed by atoms with Crippen LogP contribution in [0.25, 0.3) is 0 Å². The van der Waals surface area contributed by atoms with Gasteiger partial charge < -0.3 is 4.74 Å². The Morgan fingerprint density at radius 2 is 1.73 bits per heavy atom. The van der Waals surface area contributed by atoms with Crippen molar-refractivity contribution in [2.45, 2.75) is 18.6 Å². The number of ether oxygens (including phenoxy) is 1. The second-order valence-corrected chi connectivity index (χ2v) is 6.90. The number of hydrogen-bond donors (Lipinski definition) is 1. The van der Waals surface area contributed by atoms with E-state index in [0.29, 0.717) is 6.54 Å². The smallest absolute Gasteiger partial charge is 0.215 e. The number of rotatable bonds is 8. The van der Waals surface area contributed by atoms with E-state index in [1.54, 1.807) is 7.11 Å². The number of nitrogens with one attached hydrogen (secondary N) is 1.